The third-order valence-corrected chi connectivity index (χ3v) is 4.99. The van der Waals surface area contributed by atoms with Crippen molar-refractivity contribution < 1.29 is 0 Å². The maximum absolute atomic E-state index is 3.67. The van der Waals surface area contributed by atoms with Crippen molar-refractivity contribution in [3.8, 4) is 0 Å². The molecular formula is C15H31N3. The Kier molecular flexibility index (Phi) is 5.46. The molecule has 1 saturated heterocycles. The molecule has 3 unspecified atom stereocenters. The summed E-state index contributed by atoms with van der Waals surface area (Å²) in [5.41, 5.74) is 0. The van der Waals surface area contributed by atoms with Crippen LogP contribution >= 0.6 is 0 Å². The summed E-state index contributed by atoms with van der Waals surface area (Å²) in [6.07, 6.45) is 5.67. The molecule has 3 atom stereocenters. The predicted molar refractivity (Wildman–Crippen MR) is 78.0 cm³/mol. The van der Waals surface area contributed by atoms with Gasteiger partial charge < -0.3 is 15.1 Å². The van der Waals surface area contributed by atoms with Crippen molar-refractivity contribution in [3.63, 3.8) is 0 Å². The second kappa shape index (κ2) is 6.88. The molecule has 106 valence electrons. The minimum Gasteiger partial charge on any atom is -0.314 e. The van der Waals surface area contributed by atoms with Gasteiger partial charge in [-0.25, -0.2) is 0 Å². The van der Waals surface area contributed by atoms with Gasteiger partial charge in [-0.2, -0.15) is 0 Å². The first-order chi connectivity index (χ1) is 8.70. The summed E-state index contributed by atoms with van der Waals surface area (Å²) >= 11 is 0. The molecular weight excluding hydrogens is 222 g/mol. The smallest absolute Gasteiger partial charge is 0.0192 e. The van der Waals surface area contributed by atoms with Gasteiger partial charge in [0.1, 0.15) is 0 Å². The van der Waals surface area contributed by atoms with Gasteiger partial charge in [0.2, 0.25) is 0 Å². The van der Waals surface area contributed by atoms with Gasteiger partial charge in [0.25, 0.3) is 0 Å². The van der Waals surface area contributed by atoms with Crippen LogP contribution in [0.25, 0.3) is 0 Å². The molecule has 0 spiro atoms. The predicted octanol–water partition coefficient (Wildman–Crippen LogP) is 1.79. The van der Waals surface area contributed by atoms with Crippen LogP contribution in [0, 0.1) is 5.92 Å². The summed E-state index contributed by atoms with van der Waals surface area (Å²) in [5.74, 6) is 0.930. The Hall–Kier alpha value is -0.120. The summed E-state index contributed by atoms with van der Waals surface area (Å²) < 4.78 is 0. The third kappa shape index (κ3) is 3.69. The average Bonchev–Trinajstić information content (AvgIpc) is 2.79. The van der Waals surface area contributed by atoms with E-state index in [-0.39, 0.29) is 0 Å². The van der Waals surface area contributed by atoms with Crippen molar-refractivity contribution in [3.05, 3.63) is 0 Å². The van der Waals surface area contributed by atoms with Gasteiger partial charge in [0, 0.05) is 31.7 Å². The van der Waals surface area contributed by atoms with Crippen molar-refractivity contribution in [1.82, 2.24) is 15.1 Å². The Morgan fingerprint density at radius 3 is 2.78 bits per heavy atom. The minimum absolute atomic E-state index is 0.729. The van der Waals surface area contributed by atoms with Gasteiger partial charge in [-0.05, 0) is 52.2 Å². The second-order valence-corrected chi connectivity index (χ2v) is 6.27. The van der Waals surface area contributed by atoms with E-state index in [1.807, 2.05) is 0 Å². The molecule has 1 N–H and O–H groups in total. The minimum atomic E-state index is 0.729. The molecule has 2 fully saturated rings. The lowest BCUT2D eigenvalue weighted by Crippen LogP contribution is -2.50. The zero-order valence-electron chi connectivity index (χ0n) is 12.5. The molecule has 1 saturated carbocycles. The van der Waals surface area contributed by atoms with Crippen LogP contribution in [0.2, 0.25) is 0 Å². The topological polar surface area (TPSA) is 18.5 Å². The third-order valence-electron chi connectivity index (χ3n) is 4.99. The molecule has 1 heterocycles. The molecule has 0 aromatic rings. The largest absolute Gasteiger partial charge is 0.314 e. The number of nitrogens with one attached hydrogen (secondary N) is 1. The highest BCUT2D eigenvalue weighted by Gasteiger charge is 2.27. The number of hydrogen-bond donors (Lipinski definition) is 1. The van der Waals surface area contributed by atoms with E-state index < -0.39 is 0 Å². The quantitative estimate of drug-likeness (QED) is 0.806. The Bertz CT molecular complexity index is 244. The molecule has 0 aromatic carbocycles. The second-order valence-electron chi connectivity index (χ2n) is 6.27. The Balaban J connectivity index is 1.71. The monoisotopic (exact) mass is 253 g/mol. The highest BCUT2D eigenvalue weighted by atomic mass is 15.3. The lowest BCUT2D eigenvalue weighted by atomic mass is 9.99. The van der Waals surface area contributed by atoms with E-state index in [0.29, 0.717) is 0 Å². The zero-order valence-corrected chi connectivity index (χ0v) is 12.5. The maximum atomic E-state index is 3.67. The molecule has 3 heteroatoms. The van der Waals surface area contributed by atoms with E-state index in [1.54, 1.807) is 0 Å². The fourth-order valence-corrected chi connectivity index (χ4v) is 3.59. The van der Waals surface area contributed by atoms with Crippen LogP contribution in [0.15, 0.2) is 0 Å². The summed E-state index contributed by atoms with van der Waals surface area (Å²) in [6, 6.07) is 1.53. The number of piperazine rings is 1. The van der Waals surface area contributed by atoms with Gasteiger partial charge in [0.05, 0.1) is 0 Å². The van der Waals surface area contributed by atoms with Crippen molar-refractivity contribution in [2.75, 3.05) is 39.8 Å². The van der Waals surface area contributed by atoms with Crippen molar-refractivity contribution in [2.45, 2.75) is 51.6 Å². The molecule has 3 nitrogen and oxygen atoms in total. The summed E-state index contributed by atoms with van der Waals surface area (Å²) in [4.78, 5) is 5.15. The first-order valence-corrected chi connectivity index (χ1v) is 7.86. The number of likely N-dealkylation sites (N-methyl/N-ethyl adjacent to an activating group) is 1. The summed E-state index contributed by atoms with van der Waals surface area (Å²) in [7, 11) is 2.25. The highest BCUT2D eigenvalue weighted by Crippen LogP contribution is 2.28. The van der Waals surface area contributed by atoms with Crippen molar-refractivity contribution in [2.24, 2.45) is 5.92 Å². The number of rotatable bonds is 5. The van der Waals surface area contributed by atoms with Crippen LogP contribution in [0.5, 0.6) is 0 Å². The normalized spacial score (nSPS) is 35.2. The molecule has 0 radical (unpaired) electrons. The average molecular weight is 253 g/mol. The first-order valence-electron chi connectivity index (χ1n) is 7.86. The lowest BCUT2D eigenvalue weighted by molar-refractivity contribution is 0.0992. The Morgan fingerprint density at radius 2 is 2.06 bits per heavy atom. The zero-order chi connectivity index (χ0) is 13.0. The highest BCUT2D eigenvalue weighted by molar-refractivity contribution is 4.84. The van der Waals surface area contributed by atoms with E-state index in [4.69, 9.17) is 0 Å². The van der Waals surface area contributed by atoms with Crippen molar-refractivity contribution >= 4 is 0 Å². The van der Waals surface area contributed by atoms with Crippen LogP contribution in [0.1, 0.15) is 39.5 Å². The standard InChI is InChI=1S/C15H31N3/c1-4-16-15-7-5-6-14(15)8-9-18-11-10-17(3)13(2)12-18/h13-16H,4-12H2,1-3H3. The van der Waals surface area contributed by atoms with Crippen molar-refractivity contribution in [1.29, 1.82) is 0 Å². The molecule has 2 aliphatic rings. The van der Waals surface area contributed by atoms with Crippen LogP contribution in [-0.2, 0) is 0 Å². The van der Waals surface area contributed by atoms with Crippen LogP contribution in [0.4, 0.5) is 0 Å². The van der Waals surface area contributed by atoms with E-state index in [9.17, 15) is 0 Å². The molecule has 0 amide bonds. The summed E-state index contributed by atoms with van der Waals surface area (Å²) in [5, 5.41) is 3.67. The number of hydrogen-bond acceptors (Lipinski definition) is 3. The molecule has 0 bridgehead atoms. The van der Waals surface area contributed by atoms with Gasteiger partial charge >= 0.3 is 0 Å². The van der Waals surface area contributed by atoms with Gasteiger partial charge in [-0.3, -0.25) is 0 Å². The van der Waals surface area contributed by atoms with E-state index >= 15 is 0 Å². The van der Waals surface area contributed by atoms with Crippen LogP contribution < -0.4 is 5.32 Å². The Labute approximate surface area is 113 Å². The SMILES string of the molecule is CCNC1CCCC1CCN1CCN(C)C(C)C1. The number of nitrogens with zero attached hydrogens (tertiary/aromatic N) is 2. The van der Waals surface area contributed by atoms with Gasteiger partial charge in [-0.15, -0.1) is 0 Å². The molecule has 1 aliphatic heterocycles. The van der Waals surface area contributed by atoms with E-state index in [0.717, 1.165) is 24.5 Å². The van der Waals surface area contributed by atoms with Crippen LogP contribution in [0.3, 0.4) is 0 Å². The lowest BCUT2D eigenvalue weighted by Gasteiger charge is -2.38. The van der Waals surface area contributed by atoms with E-state index in [2.05, 4.69) is 36.0 Å². The fourth-order valence-electron chi connectivity index (χ4n) is 3.59. The maximum Gasteiger partial charge on any atom is 0.0192 e. The molecule has 1 aliphatic carbocycles. The first kappa shape index (κ1) is 14.3. The van der Waals surface area contributed by atoms with Gasteiger partial charge in [0.15, 0.2) is 0 Å². The molecule has 2 rings (SSSR count). The van der Waals surface area contributed by atoms with Crippen LogP contribution in [-0.4, -0.2) is 61.7 Å². The fraction of sp³-hybridized carbons (Fsp3) is 1.00. The Morgan fingerprint density at radius 1 is 1.22 bits per heavy atom. The molecule has 0 aromatic heterocycles. The van der Waals surface area contributed by atoms with E-state index in [1.165, 1.54) is 51.9 Å². The molecule has 18 heavy (non-hydrogen) atoms. The van der Waals surface area contributed by atoms with Gasteiger partial charge in [-0.1, -0.05) is 13.3 Å². The summed E-state index contributed by atoms with van der Waals surface area (Å²) in [6.45, 7) is 10.8.